The summed E-state index contributed by atoms with van der Waals surface area (Å²) in [6, 6.07) is 3.59. The van der Waals surface area contributed by atoms with Gasteiger partial charge in [0.25, 0.3) is 5.69 Å². The van der Waals surface area contributed by atoms with Crippen molar-refractivity contribution >= 4 is 11.4 Å². The van der Waals surface area contributed by atoms with Gasteiger partial charge in [0.2, 0.25) is 0 Å². The summed E-state index contributed by atoms with van der Waals surface area (Å²) < 4.78 is 18.1. The molecule has 6 heteroatoms. The summed E-state index contributed by atoms with van der Waals surface area (Å²) in [7, 11) is 1.59. The molecule has 98 valence electrons. The molecule has 0 amide bonds. The molecule has 0 bridgehead atoms. The van der Waals surface area contributed by atoms with Crippen molar-refractivity contribution in [2.45, 2.75) is 18.9 Å². The molecule has 1 aromatic rings. The molecule has 1 unspecified atom stereocenters. The van der Waals surface area contributed by atoms with Gasteiger partial charge >= 0.3 is 0 Å². The van der Waals surface area contributed by atoms with Crippen LogP contribution in [0.4, 0.5) is 15.8 Å². The molecule has 2 rings (SSSR count). The highest BCUT2D eigenvalue weighted by Crippen LogP contribution is 2.36. The quantitative estimate of drug-likeness (QED) is 0.626. The van der Waals surface area contributed by atoms with Crippen molar-refractivity contribution in [1.29, 1.82) is 0 Å². The molecule has 0 spiro atoms. The molecular formula is C12H15FN2O3. The Morgan fingerprint density at radius 3 is 2.89 bits per heavy atom. The predicted molar refractivity (Wildman–Crippen MR) is 65.1 cm³/mol. The van der Waals surface area contributed by atoms with Crippen LogP contribution in [0, 0.1) is 21.8 Å². The predicted octanol–water partition coefficient (Wildman–Crippen LogP) is 2.57. The van der Waals surface area contributed by atoms with Crippen LogP contribution in [0.25, 0.3) is 0 Å². The van der Waals surface area contributed by atoms with Crippen molar-refractivity contribution in [3.05, 3.63) is 34.1 Å². The van der Waals surface area contributed by atoms with Gasteiger partial charge in [-0.3, -0.25) is 10.1 Å². The second-order valence-corrected chi connectivity index (χ2v) is 4.46. The zero-order valence-electron chi connectivity index (χ0n) is 10.1. The lowest BCUT2D eigenvalue weighted by Crippen LogP contribution is -2.27. The number of methoxy groups -OCH3 is 1. The van der Waals surface area contributed by atoms with Crippen LogP contribution in [-0.2, 0) is 4.74 Å². The highest BCUT2D eigenvalue weighted by Gasteiger charge is 2.32. The van der Waals surface area contributed by atoms with Crippen LogP contribution in [-0.4, -0.2) is 24.7 Å². The Hall–Kier alpha value is -1.69. The molecule has 0 aliphatic heterocycles. The number of anilines is 1. The second kappa shape index (κ2) is 5.30. The van der Waals surface area contributed by atoms with E-state index in [2.05, 4.69) is 5.32 Å². The summed E-state index contributed by atoms with van der Waals surface area (Å²) >= 11 is 0. The molecule has 1 aromatic carbocycles. The van der Waals surface area contributed by atoms with E-state index in [1.807, 2.05) is 0 Å². The van der Waals surface area contributed by atoms with Gasteiger partial charge in [0.1, 0.15) is 11.5 Å². The molecule has 5 nitrogen and oxygen atoms in total. The fourth-order valence-electron chi connectivity index (χ4n) is 1.95. The summed E-state index contributed by atoms with van der Waals surface area (Å²) in [5.74, 6) is -0.128. The maximum Gasteiger partial charge on any atom is 0.295 e. The van der Waals surface area contributed by atoms with Gasteiger partial charge in [-0.15, -0.1) is 0 Å². The van der Waals surface area contributed by atoms with E-state index in [0.29, 0.717) is 18.2 Å². The van der Waals surface area contributed by atoms with E-state index in [4.69, 9.17) is 4.74 Å². The Morgan fingerprint density at radius 1 is 1.61 bits per heavy atom. The van der Waals surface area contributed by atoms with Crippen molar-refractivity contribution < 1.29 is 14.1 Å². The maximum atomic E-state index is 13.0. The smallest absolute Gasteiger partial charge is 0.295 e. The summed E-state index contributed by atoms with van der Waals surface area (Å²) in [5, 5.41) is 14.0. The lowest BCUT2D eigenvalue weighted by Gasteiger charge is -2.18. The van der Waals surface area contributed by atoms with Crippen LogP contribution in [0.15, 0.2) is 18.2 Å². The Kier molecular flexibility index (Phi) is 3.76. The number of ether oxygens (including phenoxy) is 1. The number of benzene rings is 1. The van der Waals surface area contributed by atoms with Crippen molar-refractivity contribution in [3.8, 4) is 0 Å². The van der Waals surface area contributed by atoms with Gasteiger partial charge in [0, 0.05) is 7.11 Å². The minimum atomic E-state index is -0.609. The van der Waals surface area contributed by atoms with Crippen LogP contribution < -0.4 is 5.32 Å². The molecule has 1 N–H and O–H groups in total. The molecule has 0 radical (unpaired) electrons. The summed E-state index contributed by atoms with van der Waals surface area (Å²) in [5.41, 5.74) is 0.104. The van der Waals surface area contributed by atoms with Crippen molar-refractivity contribution in [2.75, 3.05) is 19.0 Å². The Labute approximate surface area is 104 Å². The van der Waals surface area contributed by atoms with Gasteiger partial charge in [-0.2, -0.15) is 0 Å². The SMILES string of the molecule is COCC(Nc1ccc(F)cc1[N+](=O)[O-])C1CC1. The fraction of sp³-hybridized carbons (Fsp3) is 0.500. The molecule has 0 aromatic heterocycles. The molecule has 18 heavy (non-hydrogen) atoms. The molecule has 1 aliphatic carbocycles. The molecular weight excluding hydrogens is 239 g/mol. The first-order valence-corrected chi connectivity index (χ1v) is 5.81. The highest BCUT2D eigenvalue weighted by molar-refractivity contribution is 5.62. The lowest BCUT2D eigenvalue weighted by molar-refractivity contribution is -0.384. The van der Waals surface area contributed by atoms with E-state index in [1.165, 1.54) is 12.1 Å². The number of nitro groups is 1. The van der Waals surface area contributed by atoms with Crippen LogP contribution in [0.3, 0.4) is 0 Å². The van der Waals surface area contributed by atoms with Crippen molar-refractivity contribution in [3.63, 3.8) is 0 Å². The lowest BCUT2D eigenvalue weighted by atomic mass is 10.1. The van der Waals surface area contributed by atoms with E-state index in [0.717, 1.165) is 18.9 Å². The number of nitrogens with one attached hydrogen (secondary N) is 1. The van der Waals surface area contributed by atoms with Crippen LogP contribution in [0.1, 0.15) is 12.8 Å². The first-order valence-electron chi connectivity index (χ1n) is 5.81. The van der Waals surface area contributed by atoms with Gasteiger partial charge in [-0.25, -0.2) is 4.39 Å². The van der Waals surface area contributed by atoms with E-state index in [9.17, 15) is 14.5 Å². The van der Waals surface area contributed by atoms with E-state index < -0.39 is 10.7 Å². The Morgan fingerprint density at radius 2 is 2.33 bits per heavy atom. The average Bonchev–Trinajstić information content (AvgIpc) is 3.14. The van der Waals surface area contributed by atoms with Gasteiger partial charge in [0.15, 0.2) is 0 Å². The monoisotopic (exact) mass is 254 g/mol. The fourth-order valence-corrected chi connectivity index (χ4v) is 1.95. The average molecular weight is 254 g/mol. The van der Waals surface area contributed by atoms with Gasteiger partial charge in [0.05, 0.1) is 23.6 Å². The zero-order chi connectivity index (χ0) is 13.1. The molecule has 1 atom stereocenters. The first-order chi connectivity index (χ1) is 8.61. The Balaban J connectivity index is 2.18. The zero-order valence-corrected chi connectivity index (χ0v) is 10.1. The number of nitrogens with zero attached hydrogens (tertiary/aromatic N) is 1. The van der Waals surface area contributed by atoms with E-state index >= 15 is 0 Å². The number of halogens is 1. The number of rotatable bonds is 6. The standard InChI is InChI=1S/C12H15FN2O3/c1-18-7-11(8-2-3-8)14-10-5-4-9(13)6-12(10)15(16)17/h4-6,8,11,14H,2-3,7H2,1H3. The largest absolute Gasteiger partial charge is 0.383 e. The van der Waals surface area contributed by atoms with Gasteiger partial charge < -0.3 is 10.1 Å². The van der Waals surface area contributed by atoms with Gasteiger partial charge in [-0.05, 0) is 30.9 Å². The molecule has 1 aliphatic rings. The summed E-state index contributed by atoms with van der Waals surface area (Å²) in [6.07, 6.45) is 2.19. The third-order valence-electron chi connectivity index (χ3n) is 3.03. The minimum absolute atomic E-state index is 0.0409. The van der Waals surface area contributed by atoms with Crippen molar-refractivity contribution in [1.82, 2.24) is 0 Å². The van der Waals surface area contributed by atoms with E-state index in [-0.39, 0.29) is 11.7 Å². The third kappa shape index (κ3) is 2.95. The van der Waals surface area contributed by atoms with Crippen LogP contribution in [0.5, 0.6) is 0 Å². The Bertz CT molecular complexity index is 449. The normalized spacial score (nSPS) is 16.3. The first kappa shape index (κ1) is 12.8. The topological polar surface area (TPSA) is 64.4 Å². The second-order valence-electron chi connectivity index (χ2n) is 4.46. The molecule has 0 heterocycles. The highest BCUT2D eigenvalue weighted by atomic mass is 19.1. The minimum Gasteiger partial charge on any atom is -0.383 e. The molecule has 0 saturated heterocycles. The summed E-state index contributed by atoms with van der Waals surface area (Å²) in [6.45, 7) is 0.485. The number of hydrogen-bond acceptors (Lipinski definition) is 4. The number of nitro benzene ring substituents is 1. The van der Waals surface area contributed by atoms with Crippen molar-refractivity contribution in [2.24, 2.45) is 5.92 Å². The number of hydrogen-bond donors (Lipinski definition) is 1. The van der Waals surface area contributed by atoms with Crippen LogP contribution >= 0.6 is 0 Å². The molecule has 1 saturated carbocycles. The van der Waals surface area contributed by atoms with E-state index in [1.54, 1.807) is 7.11 Å². The van der Waals surface area contributed by atoms with Gasteiger partial charge in [-0.1, -0.05) is 0 Å². The summed E-state index contributed by atoms with van der Waals surface area (Å²) in [4.78, 5) is 10.3. The maximum absolute atomic E-state index is 13.0. The molecule has 1 fully saturated rings. The van der Waals surface area contributed by atoms with Crippen LogP contribution in [0.2, 0.25) is 0 Å². The third-order valence-corrected chi connectivity index (χ3v) is 3.03.